The number of nitrogens with two attached hydrogens (primary N) is 1. The molecule has 0 aliphatic rings. The molecule has 6 N–H and O–H groups in total. The molecule has 0 saturated carbocycles. The van der Waals surface area contributed by atoms with E-state index in [1.54, 1.807) is 6.20 Å². The van der Waals surface area contributed by atoms with Crippen LogP contribution in [0.5, 0.6) is 0 Å². The predicted molar refractivity (Wildman–Crippen MR) is 139 cm³/mol. The average molecular weight is 494 g/mol. The summed E-state index contributed by atoms with van der Waals surface area (Å²) in [6.45, 7) is 0.468. The van der Waals surface area contributed by atoms with Crippen molar-refractivity contribution in [3.05, 3.63) is 71.9 Å². The third-order valence-corrected chi connectivity index (χ3v) is 6.54. The molecule has 8 heteroatoms. The second-order valence-electron chi connectivity index (χ2n) is 9.19. The Balaban J connectivity index is 1.71. The fourth-order valence-corrected chi connectivity index (χ4v) is 4.50. The van der Waals surface area contributed by atoms with Gasteiger partial charge in [-0.2, -0.15) is 0 Å². The topological polar surface area (TPSA) is 146 Å². The zero-order valence-electron chi connectivity index (χ0n) is 20.4. The summed E-state index contributed by atoms with van der Waals surface area (Å²) < 4.78 is 0. The summed E-state index contributed by atoms with van der Waals surface area (Å²) in [4.78, 5) is 40.5. The van der Waals surface area contributed by atoms with Crippen LogP contribution in [0.4, 0.5) is 0 Å². The number of fused-ring (bicyclic) bond motifs is 1. The van der Waals surface area contributed by atoms with E-state index in [0.717, 1.165) is 22.0 Å². The van der Waals surface area contributed by atoms with Gasteiger partial charge in [0.25, 0.3) is 0 Å². The summed E-state index contributed by atoms with van der Waals surface area (Å²) in [6.07, 6.45) is 4.42. The number of para-hydroxylation sites is 1. The first-order valence-corrected chi connectivity index (χ1v) is 12.4. The molecule has 0 amide bonds. The maximum atomic E-state index is 13.3. The minimum atomic E-state index is -1.05. The molecule has 8 nitrogen and oxygen atoms in total. The van der Waals surface area contributed by atoms with Gasteiger partial charge in [-0.05, 0) is 55.8 Å². The Morgan fingerprint density at radius 2 is 1.61 bits per heavy atom. The number of unbranched alkanes of at least 4 members (excludes halogenated alkanes) is 1. The molecule has 0 bridgehead atoms. The SMILES string of the molecule is NCCCC[C@H](NC(CCc1ccccc1)C(=O)O)C(=O)C[C@@H](Cc1c[nH]c2ccccc12)C(=O)O. The average Bonchev–Trinajstić information content (AvgIpc) is 3.28. The summed E-state index contributed by atoms with van der Waals surface area (Å²) in [5, 5.41) is 23.6. The lowest BCUT2D eigenvalue weighted by Gasteiger charge is -2.24. The number of aliphatic carboxylic acids is 2. The normalized spacial score (nSPS) is 13.8. The monoisotopic (exact) mass is 493 g/mol. The molecule has 0 saturated heterocycles. The fraction of sp³-hybridized carbons (Fsp3) is 0.393. The van der Waals surface area contributed by atoms with Gasteiger partial charge in [-0.25, -0.2) is 0 Å². The van der Waals surface area contributed by atoms with Crippen molar-refractivity contribution in [1.29, 1.82) is 0 Å². The van der Waals surface area contributed by atoms with Gasteiger partial charge in [-0.1, -0.05) is 55.0 Å². The number of Topliss-reactive ketones (excluding diaryl/α,β-unsaturated/α-hetero) is 1. The van der Waals surface area contributed by atoms with Crippen LogP contribution < -0.4 is 11.1 Å². The fourth-order valence-electron chi connectivity index (χ4n) is 4.50. The number of aromatic nitrogens is 1. The largest absolute Gasteiger partial charge is 0.481 e. The number of carbonyl (C=O) groups excluding carboxylic acids is 1. The second kappa shape index (κ2) is 13.6. The minimum absolute atomic E-state index is 0.180. The van der Waals surface area contributed by atoms with Gasteiger partial charge in [-0.15, -0.1) is 0 Å². The molecule has 1 unspecified atom stereocenters. The Hall–Kier alpha value is -3.49. The number of H-pyrrole nitrogens is 1. The molecule has 3 rings (SSSR count). The predicted octanol–water partition coefficient (Wildman–Crippen LogP) is 3.54. The number of hydrogen-bond donors (Lipinski definition) is 5. The van der Waals surface area contributed by atoms with Crippen molar-refractivity contribution in [3.63, 3.8) is 0 Å². The van der Waals surface area contributed by atoms with E-state index in [-0.39, 0.29) is 18.6 Å². The standard InChI is InChI=1S/C28H35N3O5/c29-15-7-6-12-24(31-25(28(35)36)14-13-19-8-2-1-3-9-19)26(32)17-20(27(33)34)16-21-18-30-23-11-5-4-10-22(21)23/h1-5,8-11,18,20,24-25,30-31H,6-7,12-17,29H2,(H,33,34)(H,35,36)/t20-,24+,25?/m1/s1. The molecule has 1 aromatic heterocycles. The number of nitrogens with one attached hydrogen (secondary N) is 2. The molecule has 192 valence electrons. The van der Waals surface area contributed by atoms with Gasteiger partial charge in [0.15, 0.2) is 5.78 Å². The molecular weight excluding hydrogens is 458 g/mol. The number of carbonyl (C=O) groups is 3. The maximum absolute atomic E-state index is 13.3. The van der Waals surface area contributed by atoms with Crippen LogP contribution in [0, 0.1) is 5.92 Å². The van der Waals surface area contributed by atoms with Crippen molar-refractivity contribution < 1.29 is 24.6 Å². The smallest absolute Gasteiger partial charge is 0.320 e. The number of rotatable bonds is 16. The van der Waals surface area contributed by atoms with Crippen LogP contribution in [0.3, 0.4) is 0 Å². The highest BCUT2D eigenvalue weighted by molar-refractivity contribution is 5.89. The molecule has 1 heterocycles. The first-order valence-electron chi connectivity index (χ1n) is 12.4. The van der Waals surface area contributed by atoms with Gasteiger partial charge in [0.2, 0.25) is 0 Å². The van der Waals surface area contributed by atoms with Gasteiger partial charge in [0, 0.05) is 23.5 Å². The van der Waals surface area contributed by atoms with Crippen molar-refractivity contribution in [1.82, 2.24) is 10.3 Å². The summed E-state index contributed by atoms with van der Waals surface area (Å²) in [5.74, 6) is -3.28. The zero-order valence-corrected chi connectivity index (χ0v) is 20.4. The van der Waals surface area contributed by atoms with E-state index < -0.39 is 29.9 Å². The van der Waals surface area contributed by atoms with E-state index in [1.807, 2.05) is 54.6 Å². The van der Waals surface area contributed by atoms with Crippen molar-refractivity contribution in [2.75, 3.05) is 6.54 Å². The van der Waals surface area contributed by atoms with E-state index in [9.17, 15) is 24.6 Å². The van der Waals surface area contributed by atoms with E-state index in [1.165, 1.54) is 0 Å². The molecule has 0 aliphatic carbocycles. The molecule has 0 radical (unpaired) electrons. The molecular formula is C28H35N3O5. The lowest BCUT2D eigenvalue weighted by Crippen LogP contribution is -2.48. The third-order valence-electron chi connectivity index (χ3n) is 6.54. The molecule has 0 aliphatic heterocycles. The van der Waals surface area contributed by atoms with Crippen LogP contribution in [0.25, 0.3) is 10.9 Å². The number of carboxylic acid groups (broad SMARTS) is 2. The quantitative estimate of drug-likeness (QED) is 0.192. The molecule has 2 aromatic carbocycles. The van der Waals surface area contributed by atoms with Crippen LogP contribution in [-0.2, 0) is 27.2 Å². The van der Waals surface area contributed by atoms with Crippen LogP contribution in [-0.4, -0.2) is 51.5 Å². The highest BCUT2D eigenvalue weighted by atomic mass is 16.4. The number of aryl methyl sites for hydroxylation is 1. The summed E-state index contributed by atoms with van der Waals surface area (Å²) >= 11 is 0. The molecule has 3 aromatic rings. The van der Waals surface area contributed by atoms with Gasteiger partial charge in [0.1, 0.15) is 6.04 Å². The summed E-state index contributed by atoms with van der Waals surface area (Å²) in [6, 6.07) is 15.5. The van der Waals surface area contributed by atoms with E-state index in [0.29, 0.717) is 38.6 Å². The Kier molecular flexibility index (Phi) is 10.2. The second-order valence-corrected chi connectivity index (χ2v) is 9.19. The Labute approximate surface area is 210 Å². The first kappa shape index (κ1) is 27.1. The summed E-state index contributed by atoms with van der Waals surface area (Å²) in [7, 11) is 0. The van der Waals surface area contributed by atoms with Crippen molar-refractivity contribution in [2.24, 2.45) is 11.7 Å². The van der Waals surface area contributed by atoms with Crippen LogP contribution in [0.1, 0.15) is 43.2 Å². The Bertz CT molecular complexity index is 1140. The summed E-state index contributed by atoms with van der Waals surface area (Å²) in [5.41, 5.74) is 8.38. The highest BCUT2D eigenvalue weighted by Crippen LogP contribution is 2.23. The van der Waals surface area contributed by atoms with Crippen LogP contribution >= 0.6 is 0 Å². The van der Waals surface area contributed by atoms with E-state index in [4.69, 9.17) is 5.73 Å². The number of benzene rings is 2. The maximum Gasteiger partial charge on any atom is 0.320 e. The minimum Gasteiger partial charge on any atom is -0.481 e. The molecule has 36 heavy (non-hydrogen) atoms. The Morgan fingerprint density at radius 3 is 2.31 bits per heavy atom. The number of carboxylic acids is 2. The van der Waals surface area contributed by atoms with Gasteiger partial charge in [-0.3, -0.25) is 19.7 Å². The molecule has 0 spiro atoms. The number of ketones is 1. The van der Waals surface area contributed by atoms with Crippen molar-refractivity contribution in [3.8, 4) is 0 Å². The Morgan fingerprint density at radius 1 is 0.889 bits per heavy atom. The van der Waals surface area contributed by atoms with E-state index in [2.05, 4.69) is 10.3 Å². The van der Waals surface area contributed by atoms with Crippen molar-refractivity contribution >= 4 is 28.6 Å². The van der Waals surface area contributed by atoms with E-state index >= 15 is 0 Å². The van der Waals surface area contributed by atoms with Crippen molar-refractivity contribution in [2.45, 2.75) is 57.0 Å². The lowest BCUT2D eigenvalue weighted by atomic mass is 9.90. The zero-order chi connectivity index (χ0) is 25.9. The van der Waals surface area contributed by atoms with Crippen LogP contribution in [0.15, 0.2) is 60.8 Å². The van der Waals surface area contributed by atoms with Gasteiger partial charge in [0.05, 0.1) is 12.0 Å². The highest BCUT2D eigenvalue weighted by Gasteiger charge is 2.30. The third kappa shape index (κ3) is 7.76. The lowest BCUT2D eigenvalue weighted by molar-refractivity contribution is -0.144. The van der Waals surface area contributed by atoms with Gasteiger partial charge >= 0.3 is 11.9 Å². The molecule has 3 atom stereocenters. The number of aromatic amines is 1. The first-order chi connectivity index (χ1) is 17.4. The molecule has 0 fully saturated rings. The number of hydrogen-bond acceptors (Lipinski definition) is 5. The van der Waals surface area contributed by atoms with Crippen LogP contribution in [0.2, 0.25) is 0 Å². The van der Waals surface area contributed by atoms with Gasteiger partial charge < -0.3 is 20.9 Å².